The van der Waals surface area contributed by atoms with Crippen molar-refractivity contribution in [1.29, 1.82) is 0 Å². The molecule has 1 aromatic carbocycles. The van der Waals surface area contributed by atoms with Gasteiger partial charge in [-0.15, -0.1) is 0 Å². The summed E-state index contributed by atoms with van der Waals surface area (Å²) in [4.78, 5) is 0. The van der Waals surface area contributed by atoms with Gasteiger partial charge in [0.15, 0.2) is 0 Å². The molecule has 0 saturated carbocycles. The Morgan fingerprint density at radius 1 is 1.11 bits per heavy atom. The number of nitrogens with one attached hydrogen (secondary N) is 1. The van der Waals surface area contributed by atoms with Gasteiger partial charge < -0.3 is 9.73 Å². The minimum Gasteiger partial charge on any atom is -0.467 e. The lowest BCUT2D eigenvalue weighted by Gasteiger charge is -2.19. The predicted molar refractivity (Wildman–Crippen MR) is 75.3 cm³/mol. The van der Waals surface area contributed by atoms with E-state index in [0.29, 0.717) is 0 Å². The van der Waals surface area contributed by atoms with Gasteiger partial charge in [0.2, 0.25) is 0 Å². The molecule has 3 heteroatoms. The van der Waals surface area contributed by atoms with Gasteiger partial charge in [0.25, 0.3) is 0 Å². The first-order valence-corrected chi connectivity index (χ1v) is 6.40. The van der Waals surface area contributed by atoms with Crippen LogP contribution in [0.4, 0.5) is 0 Å². The van der Waals surface area contributed by atoms with Crippen molar-refractivity contribution >= 4 is 11.6 Å². The highest BCUT2D eigenvalue weighted by Crippen LogP contribution is 2.30. The third-order valence-electron chi connectivity index (χ3n) is 3.31. The van der Waals surface area contributed by atoms with Gasteiger partial charge in [-0.3, -0.25) is 0 Å². The van der Waals surface area contributed by atoms with Crippen LogP contribution in [-0.2, 0) is 0 Å². The van der Waals surface area contributed by atoms with Crippen LogP contribution in [0, 0.1) is 20.8 Å². The van der Waals surface area contributed by atoms with Crippen LogP contribution in [0.5, 0.6) is 0 Å². The van der Waals surface area contributed by atoms with Gasteiger partial charge in [-0.25, -0.2) is 0 Å². The van der Waals surface area contributed by atoms with E-state index in [2.05, 4.69) is 25.2 Å². The van der Waals surface area contributed by atoms with Crippen molar-refractivity contribution in [3.8, 4) is 0 Å². The number of furan rings is 1. The molecule has 2 nitrogen and oxygen atoms in total. The van der Waals surface area contributed by atoms with Gasteiger partial charge in [-0.2, -0.15) is 0 Å². The third kappa shape index (κ3) is 2.31. The second-order valence-electron chi connectivity index (χ2n) is 4.65. The predicted octanol–water partition coefficient (Wildman–Crippen LogP) is 4.17. The monoisotopic (exact) mass is 263 g/mol. The van der Waals surface area contributed by atoms with Crippen molar-refractivity contribution in [3.05, 3.63) is 57.5 Å². The van der Waals surface area contributed by atoms with Gasteiger partial charge in [-0.05, 0) is 62.2 Å². The van der Waals surface area contributed by atoms with Gasteiger partial charge in [0.1, 0.15) is 5.76 Å². The van der Waals surface area contributed by atoms with Crippen LogP contribution >= 0.6 is 11.6 Å². The van der Waals surface area contributed by atoms with Crippen LogP contribution in [0.25, 0.3) is 0 Å². The fraction of sp³-hybridized carbons (Fsp3) is 0.333. The molecule has 0 radical (unpaired) electrons. The van der Waals surface area contributed by atoms with Crippen molar-refractivity contribution in [2.24, 2.45) is 0 Å². The first-order chi connectivity index (χ1) is 8.54. The standard InChI is InChI=1S/C15H18ClNO/c1-9-5-6-18-15(9)14(17-4)12-7-11(3)13(16)8-10(12)2/h5-8,14,17H,1-4H3. The van der Waals surface area contributed by atoms with Gasteiger partial charge in [-0.1, -0.05) is 17.7 Å². The van der Waals surface area contributed by atoms with Crippen LogP contribution in [0.3, 0.4) is 0 Å². The Morgan fingerprint density at radius 3 is 2.39 bits per heavy atom. The lowest BCUT2D eigenvalue weighted by molar-refractivity contribution is 0.459. The number of hydrogen-bond donors (Lipinski definition) is 1. The Labute approximate surface area is 113 Å². The third-order valence-corrected chi connectivity index (χ3v) is 3.72. The van der Waals surface area contributed by atoms with Crippen LogP contribution < -0.4 is 5.32 Å². The lowest BCUT2D eigenvalue weighted by Crippen LogP contribution is -2.19. The molecule has 1 unspecified atom stereocenters. The van der Waals surface area contributed by atoms with E-state index in [9.17, 15) is 0 Å². The summed E-state index contributed by atoms with van der Waals surface area (Å²) in [5, 5.41) is 4.12. The molecule has 96 valence electrons. The second-order valence-corrected chi connectivity index (χ2v) is 5.05. The fourth-order valence-corrected chi connectivity index (χ4v) is 2.44. The van der Waals surface area contributed by atoms with Crippen molar-refractivity contribution < 1.29 is 4.42 Å². The summed E-state index contributed by atoms with van der Waals surface area (Å²) < 4.78 is 5.60. The molecule has 0 aliphatic rings. The first-order valence-electron chi connectivity index (χ1n) is 6.02. The van der Waals surface area contributed by atoms with E-state index in [1.54, 1.807) is 6.26 Å². The topological polar surface area (TPSA) is 25.2 Å². The molecule has 0 saturated heterocycles. The number of hydrogen-bond acceptors (Lipinski definition) is 2. The van der Waals surface area contributed by atoms with E-state index >= 15 is 0 Å². The molecule has 0 fully saturated rings. The molecule has 2 rings (SSSR count). The van der Waals surface area contributed by atoms with Crippen LogP contribution in [0.1, 0.15) is 34.1 Å². The SMILES string of the molecule is CNC(c1cc(C)c(Cl)cc1C)c1occc1C. The maximum absolute atomic E-state index is 6.15. The molecule has 0 bridgehead atoms. The smallest absolute Gasteiger partial charge is 0.128 e. The summed E-state index contributed by atoms with van der Waals surface area (Å²) in [7, 11) is 1.94. The molecule has 1 aromatic heterocycles. The summed E-state index contributed by atoms with van der Waals surface area (Å²) in [5.74, 6) is 0.960. The average Bonchev–Trinajstić information content (AvgIpc) is 2.73. The zero-order valence-electron chi connectivity index (χ0n) is 11.2. The zero-order valence-corrected chi connectivity index (χ0v) is 11.9. The molecule has 0 amide bonds. The van der Waals surface area contributed by atoms with Crippen molar-refractivity contribution in [3.63, 3.8) is 0 Å². The van der Waals surface area contributed by atoms with E-state index in [0.717, 1.165) is 21.9 Å². The molecule has 1 heterocycles. The summed E-state index contributed by atoms with van der Waals surface area (Å²) >= 11 is 6.15. The van der Waals surface area contributed by atoms with Crippen molar-refractivity contribution in [2.45, 2.75) is 26.8 Å². The van der Waals surface area contributed by atoms with Crippen LogP contribution in [0.2, 0.25) is 5.02 Å². The summed E-state index contributed by atoms with van der Waals surface area (Å²) in [6.45, 7) is 6.15. The van der Waals surface area contributed by atoms with E-state index in [1.807, 2.05) is 26.1 Å². The number of benzene rings is 1. The Morgan fingerprint density at radius 2 is 1.83 bits per heavy atom. The largest absolute Gasteiger partial charge is 0.467 e. The van der Waals surface area contributed by atoms with E-state index in [4.69, 9.17) is 16.0 Å². The summed E-state index contributed by atoms with van der Waals surface area (Å²) in [5.41, 5.74) is 4.61. The Bertz CT molecular complexity index is 560. The van der Waals surface area contributed by atoms with E-state index in [1.165, 1.54) is 11.1 Å². The fourth-order valence-electron chi connectivity index (χ4n) is 2.22. The Hall–Kier alpha value is -1.25. The molecule has 2 aromatic rings. The lowest BCUT2D eigenvalue weighted by atomic mass is 9.96. The number of rotatable bonds is 3. The van der Waals surface area contributed by atoms with E-state index in [-0.39, 0.29) is 6.04 Å². The van der Waals surface area contributed by atoms with Gasteiger partial charge in [0.05, 0.1) is 12.3 Å². The molecule has 1 atom stereocenters. The summed E-state index contributed by atoms with van der Waals surface area (Å²) in [6, 6.07) is 6.18. The molecule has 1 N–H and O–H groups in total. The first kappa shape index (κ1) is 13.2. The number of halogens is 1. The highest BCUT2D eigenvalue weighted by Gasteiger charge is 2.20. The minimum absolute atomic E-state index is 0.0657. The van der Waals surface area contributed by atoms with Crippen LogP contribution in [0.15, 0.2) is 28.9 Å². The quantitative estimate of drug-likeness (QED) is 0.899. The molecular formula is C15H18ClNO. The van der Waals surface area contributed by atoms with E-state index < -0.39 is 0 Å². The molecule has 0 aliphatic carbocycles. The number of aryl methyl sites for hydroxylation is 3. The average molecular weight is 264 g/mol. The van der Waals surface area contributed by atoms with Gasteiger partial charge >= 0.3 is 0 Å². The molecule has 0 spiro atoms. The highest BCUT2D eigenvalue weighted by atomic mass is 35.5. The summed E-state index contributed by atoms with van der Waals surface area (Å²) in [6.07, 6.45) is 1.73. The minimum atomic E-state index is 0.0657. The van der Waals surface area contributed by atoms with Crippen molar-refractivity contribution in [2.75, 3.05) is 7.05 Å². The zero-order chi connectivity index (χ0) is 13.3. The van der Waals surface area contributed by atoms with Gasteiger partial charge in [0, 0.05) is 5.02 Å². The maximum Gasteiger partial charge on any atom is 0.128 e. The van der Waals surface area contributed by atoms with Crippen LogP contribution in [-0.4, -0.2) is 7.05 Å². The maximum atomic E-state index is 6.15. The Kier molecular flexibility index (Phi) is 3.79. The molecular weight excluding hydrogens is 246 g/mol. The molecule has 0 aliphatic heterocycles. The molecule has 18 heavy (non-hydrogen) atoms. The Balaban J connectivity index is 2.52. The highest BCUT2D eigenvalue weighted by molar-refractivity contribution is 6.31. The normalized spacial score (nSPS) is 12.7. The van der Waals surface area contributed by atoms with Crippen molar-refractivity contribution in [1.82, 2.24) is 5.32 Å². The second kappa shape index (κ2) is 5.17.